The fourth-order valence-corrected chi connectivity index (χ4v) is 4.41. The first-order chi connectivity index (χ1) is 10.7. The molecule has 2 bridgehead atoms. The van der Waals surface area contributed by atoms with E-state index in [1.54, 1.807) is 0 Å². The number of amides is 1. The molecule has 0 radical (unpaired) electrons. The van der Waals surface area contributed by atoms with Gasteiger partial charge in [0.1, 0.15) is 6.26 Å². The zero-order valence-corrected chi connectivity index (χ0v) is 14.8. The summed E-state index contributed by atoms with van der Waals surface area (Å²) >= 11 is 0. The fourth-order valence-electron chi connectivity index (χ4n) is 4.41. The lowest BCUT2D eigenvalue weighted by Crippen LogP contribution is -2.60. The summed E-state index contributed by atoms with van der Waals surface area (Å²) in [5.74, 6) is 2.43. The van der Waals surface area contributed by atoms with Crippen molar-refractivity contribution in [3.63, 3.8) is 0 Å². The van der Waals surface area contributed by atoms with Gasteiger partial charge >= 0.3 is 0 Å². The zero-order chi connectivity index (χ0) is 16.9. The lowest BCUT2D eigenvalue weighted by molar-refractivity contribution is -0.113. The normalized spacial score (nSPS) is 33.2. The topological polar surface area (TPSA) is 81.1 Å². The SMILES string of the molecule is CC(C)C(N)c1nc(C(=O)NC2CC3CC(C2C)C3(C)C)co1. The first-order valence-corrected chi connectivity index (χ1v) is 8.73. The van der Waals surface area contributed by atoms with Gasteiger partial charge in [0.25, 0.3) is 5.91 Å². The van der Waals surface area contributed by atoms with Crippen LogP contribution in [0.1, 0.15) is 69.9 Å². The molecule has 3 fully saturated rings. The minimum atomic E-state index is -0.279. The molecule has 0 aliphatic heterocycles. The number of carbonyl (C=O) groups is 1. The summed E-state index contributed by atoms with van der Waals surface area (Å²) in [7, 11) is 0. The van der Waals surface area contributed by atoms with Crippen LogP contribution in [0.2, 0.25) is 0 Å². The first-order valence-electron chi connectivity index (χ1n) is 8.73. The van der Waals surface area contributed by atoms with Crippen LogP contribution in [-0.4, -0.2) is 16.9 Å². The molecule has 3 saturated carbocycles. The van der Waals surface area contributed by atoms with Crippen LogP contribution in [0.25, 0.3) is 0 Å². The molecule has 0 aromatic carbocycles. The van der Waals surface area contributed by atoms with Gasteiger partial charge in [0.2, 0.25) is 5.89 Å². The summed E-state index contributed by atoms with van der Waals surface area (Å²) in [6.07, 6.45) is 3.79. The third kappa shape index (κ3) is 2.69. The predicted molar refractivity (Wildman–Crippen MR) is 88.7 cm³/mol. The number of carbonyl (C=O) groups excluding carboxylic acids is 1. The maximum Gasteiger partial charge on any atom is 0.273 e. The second kappa shape index (κ2) is 5.62. The van der Waals surface area contributed by atoms with E-state index in [-0.39, 0.29) is 23.9 Å². The minimum Gasteiger partial charge on any atom is -0.446 e. The molecule has 0 saturated heterocycles. The third-order valence-corrected chi connectivity index (χ3v) is 6.43. The minimum absolute atomic E-state index is 0.146. The zero-order valence-electron chi connectivity index (χ0n) is 14.8. The number of fused-ring (bicyclic) bond motifs is 2. The Kier molecular flexibility index (Phi) is 4.03. The molecule has 4 rings (SSSR count). The molecule has 5 heteroatoms. The van der Waals surface area contributed by atoms with Gasteiger partial charge in [0.15, 0.2) is 5.69 Å². The van der Waals surface area contributed by atoms with E-state index in [4.69, 9.17) is 10.2 Å². The Bertz CT molecular complexity index is 593. The second-order valence-electron chi connectivity index (χ2n) is 8.38. The van der Waals surface area contributed by atoms with E-state index in [0.717, 1.165) is 12.3 Å². The van der Waals surface area contributed by atoms with Crippen LogP contribution >= 0.6 is 0 Å². The van der Waals surface area contributed by atoms with Crippen LogP contribution in [-0.2, 0) is 0 Å². The van der Waals surface area contributed by atoms with Gasteiger partial charge < -0.3 is 15.5 Å². The van der Waals surface area contributed by atoms with Crippen molar-refractivity contribution in [2.75, 3.05) is 0 Å². The lowest BCUT2D eigenvalue weighted by Gasteiger charge is -2.62. The molecule has 128 valence electrons. The first kappa shape index (κ1) is 16.5. The van der Waals surface area contributed by atoms with Crippen molar-refractivity contribution in [3.8, 4) is 0 Å². The maximum atomic E-state index is 12.5. The van der Waals surface area contributed by atoms with Gasteiger partial charge in [0, 0.05) is 6.04 Å². The third-order valence-electron chi connectivity index (χ3n) is 6.43. The molecule has 5 atom stereocenters. The quantitative estimate of drug-likeness (QED) is 0.893. The number of hydrogen-bond donors (Lipinski definition) is 2. The smallest absolute Gasteiger partial charge is 0.273 e. The molecule has 23 heavy (non-hydrogen) atoms. The molecular weight excluding hydrogens is 290 g/mol. The Morgan fingerprint density at radius 1 is 1.43 bits per heavy atom. The van der Waals surface area contributed by atoms with Crippen LogP contribution in [0.5, 0.6) is 0 Å². The average Bonchev–Trinajstić information content (AvgIpc) is 2.97. The maximum absolute atomic E-state index is 12.5. The average molecular weight is 319 g/mol. The molecule has 3 aliphatic carbocycles. The number of hydrogen-bond acceptors (Lipinski definition) is 4. The predicted octanol–water partition coefficient (Wildman–Crippen LogP) is 3.13. The van der Waals surface area contributed by atoms with Crippen molar-refractivity contribution in [2.24, 2.45) is 34.8 Å². The van der Waals surface area contributed by atoms with Gasteiger partial charge in [-0.2, -0.15) is 0 Å². The summed E-state index contributed by atoms with van der Waals surface area (Å²) in [6.45, 7) is 11.0. The summed E-state index contributed by atoms with van der Waals surface area (Å²) < 4.78 is 5.39. The second-order valence-corrected chi connectivity index (χ2v) is 8.38. The van der Waals surface area contributed by atoms with E-state index in [2.05, 4.69) is 31.1 Å². The van der Waals surface area contributed by atoms with Crippen molar-refractivity contribution in [3.05, 3.63) is 17.8 Å². The highest BCUT2D eigenvalue weighted by atomic mass is 16.3. The van der Waals surface area contributed by atoms with Crippen molar-refractivity contribution in [1.29, 1.82) is 0 Å². The van der Waals surface area contributed by atoms with Gasteiger partial charge in [-0.05, 0) is 41.9 Å². The van der Waals surface area contributed by atoms with Crippen molar-refractivity contribution < 1.29 is 9.21 Å². The van der Waals surface area contributed by atoms with Gasteiger partial charge in [-0.1, -0.05) is 34.6 Å². The number of nitrogens with two attached hydrogens (primary N) is 1. The Morgan fingerprint density at radius 3 is 2.70 bits per heavy atom. The monoisotopic (exact) mass is 319 g/mol. The number of oxazole rings is 1. The van der Waals surface area contributed by atoms with E-state index in [0.29, 0.717) is 28.8 Å². The standard InChI is InChI=1S/C18H29N3O2/c1-9(2)15(19)17-21-14(8-23-17)16(22)20-13-7-11-6-12(10(13)3)18(11,4)5/h8-13,15H,6-7,19H2,1-5H3,(H,20,22). The molecule has 0 spiro atoms. The Labute approximate surface area is 138 Å². The molecule has 5 nitrogen and oxygen atoms in total. The molecule has 1 aromatic rings. The highest BCUT2D eigenvalue weighted by Crippen LogP contribution is 2.61. The molecule has 1 heterocycles. The van der Waals surface area contributed by atoms with E-state index < -0.39 is 0 Å². The number of nitrogens with zero attached hydrogens (tertiary/aromatic N) is 1. The van der Waals surface area contributed by atoms with Crippen LogP contribution < -0.4 is 11.1 Å². The fraction of sp³-hybridized carbons (Fsp3) is 0.778. The Hall–Kier alpha value is -1.36. The van der Waals surface area contributed by atoms with E-state index in [1.165, 1.54) is 12.7 Å². The lowest BCUT2D eigenvalue weighted by atomic mass is 9.45. The summed E-state index contributed by atoms with van der Waals surface area (Å²) in [4.78, 5) is 16.7. The molecule has 1 aromatic heterocycles. The Balaban J connectivity index is 1.64. The van der Waals surface area contributed by atoms with Gasteiger partial charge in [0.05, 0.1) is 6.04 Å². The Morgan fingerprint density at radius 2 is 2.13 bits per heavy atom. The van der Waals surface area contributed by atoms with E-state index >= 15 is 0 Å². The van der Waals surface area contributed by atoms with Crippen molar-refractivity contribution in [1.82, 2.24) is 10.3 Å². The molecule has 1 amide bonds. The molecule has 3 aliphatic rings. The van der Waals surface area contributed by atoms with Crippen LogP contribution in [0.4, 0.5) is 0 Å². The van der Waals surface area contributed by atoms with E-state index in [1.807, 2.05) is 13.8 Å². The van der Waals surface area contributed by atoms with Crippen molar-refractivity contribution in [2.45, 2.75) is 59.5 Å². The molecule has 3 N–H and O–H groups in total. The van der Waals surface area contributed by atoms with E-state index in [9.17, 15) is 4.79 Å². The highest BCUT2D eigenvalue weighted by molar-refractivity contribution is 5.92. The van der Waals surface area contributed by atoms with Gasteiger partial charge in [-0.25, -0.2) is 4.98 Å². The number of aromatic nitrogens is 1. The van der Waals surface area contributed by atoms with Crippen LogP contribution in [0, 0.1) is 29.1 Å². The molecule has 5 unspecified atom stereocenters. The summed E-state index contributed by atoms with van der Waals surface area (Å²) in [6, 6.07) is -0.0446. The highest BCUT2D eigenvalue weighted by Gasteiger charge is 2.56. The van der Waals surface area contributed by atoms with Gasteiger partial charge in [-0.3, -0.25) is 4.79 Å². The summed E-state index contributed by atoms with van der Waals surface area (Å²) in [5, 5.41) is 3.16. The largest absolute Gasteiger partial charge is 0.446 e. The summed E-state index contributed by atoms with van der Waals surface area (Å²) in [5.41, 5.74) is 6.78. The molecular formula is C18H29N3O2. The van der Waals surface area contributed by atoms with Crippen molar-refractivity contribution >= 4 is 5.91 Å². The van der Waals surface area contributed by atoms with Crippen LogP contribution in [0.3, 0.4) is 0 Å². The number of rotatable bonds is 4. The van der Waals surface area contributed by atoms with Crippen LogP contribution in [0.15, 0.2) is 10.7 Å². The number of nitrogens with one attached hydrogen (secondary N) is 1. The van der Waals surface area contributed by atoms with Gasteiger partial charge in [-0.15, -0.1) is 0 Å².